The number of aliphatic hydroxyl groups excluding tert-OH is 1. The molecule has 1 unspecified atom stereocenters. The summed E-state index contributed by atoms with van der Waals surface area (Å²) in [5.74, 6) is 0.804. The van der Waals surface area contributed by atoms with Gasteiger partial charge in [-0.15, -0.1) is 11.3 Å². The minimum atomic E-state index is -0.675. The third-order valence-electron chi connectivity index (χ3n) is 2.46. The minimum absolute atomic E-state index is 0.146. The zero-order valence-corrected chi connectivity index (χ0v) is 11.8. The van der Waals surface area contributed by atoms with Gasteiger partial charge in [0.25, 0.3) is 0 Å². The average molecular weight is 283 g/mol. The molecule has 0 radical (unpaired) electrons. The lowest BCUT2D eigenvalue weighted by atomic mass is 10.1. The van der Waals surface area contributed by atoms with E-state index in [-0.39, 0.29) is 6.10 Å². The molecule has 1 N–H and O–H groups in total. The van der Waals surface area contributed by atoms with Gasteiger partial charge in [-0.05, 0) is 43.0 Å². The molecular weight excluding hydrogens is 268 g/mol. The Morgan fingerprint density at radius 1 is 1.17 bits per heavy atom. The van der Waals surface area contributed by atoms with Gasteiger partial charge in [-0.2, -0.15) is 0 Å². The highest BCUT2D eigenvalue weighted by Crippen LogP contribution is 2.33. The van der Waals surface area contributed by atoms with Gasteiger partial charge in [-0.3, -0.25) is 0 Å². The summed E-state index contributed by atoms with van der Waals surface area (Å²) in [5, 5.41) is 12.7. The molecule has 96 valence electrons. The van der Waals surface area contributed by atoms with Crippen molar-refractivity contribution in [1.29, 1.82) is 0 Å². The lowest BCUT2D eigenvalue weighted by Gasteiger charge is -2.13. The molecule has 0 saturated carbocycles. The lowest BCUT2D eigenvalue weighted by molar-refractivity contribution is 0.223. The largest absolute Gasteiger partial charge is 0.491 e. The Hall–Kier alpha value is -1.03. The van der Waals surface area contributed by atoms with Crippen molar-refractivity contribution in [2.75, 3.05) is 0 Å². The molecule has 1 atom stereocenters. The number of rotatable bonds is 4. The van der Waals surface area contributed by atoms with E-state index in [2.05, 4.69) is 0 Å². The molecule has 1 heterocycles. The zero-order valence-electron chi connectivity index (χ0n) is 10.3. The number of ether oxygens (including phenoxy) is 1. The molecule has 0 fully saturated rings. The Balaban J connectivity index is 2.17. The highest BCUT2D eigenvalue weighted by atomic mass is 35.5. The molecule has 0 aliphatic carbocycles. The van der Waals surface area contributed by atoms with Crippen molar-refractivity contribution in [3.63, 3.8) is 0 Å². The molecule has 1 aromatic carbocycles. The Labute approximate surface area is 116 Å². The van der Waals surface area contributed by atoms with E-state index in [1.807, 2.05) is 43.5 Å². The topological polar surface area (TPSA) is 29.5 Å². The van der Waals surface area contributed by atoms with Crippen LogP contribution in [0.1, 0.15) is 30.4 Å². The third-order valence-corrected chi connectivity index (χ3v) is 3.87. The number of aliphatic hydroxyl groups is 1. The van der Waals surface area contributed by atoms with Gasteiger partial charge in [0.2, 0.25) is 0 Å². The van der Waals surface area contributed by atoms with E-state index in [0.29, 0.717) is 5.02 Å². The van der Waals surface area contributed by atoms with E-state index < -0.39 is 6.10 Å². The van der Waals surface area contributed by atoms with E-state index in [9.17, 15) is 5.11 Å². The second-order valence-electron chi connectivity index (χ2n) is 4.27. The number of hydrogen-bond donors (Lipinski definition) is 1. The van der Waals surface area contributed by atoms with Crippen molar-refractivity contribution in [2.24, 2.45) is 0 Å². The first-order valence-corrected chi connectivity index (χ1v) is 7.01. The van der Waals surface area contributed by atoms with Crippen LogP contribution in [-0.4, -0.2) is 11.2 Å². The van der Waals surface area contributed by atoms with Crippen LogP contribution >= 0.6 is 22.9 Å². The van der Waals surface area contributed by atoms with Crippen LogP contribution in [0.5, 0.6) is 5.75 Å². The monoisotopic (exact) mass is 282 g/mol. The van der Waals surface area contributed by atoms with E-state index in [1.54, 1.807) is 6.07 Å². The first-order valence-electron chi connectivity index (χ1n) is 5.75. The maximum atomic E-state index is 10.2. The minimum Gasteiger partial charge on any atom is -0.491 e. The Morgan fingerprint density at radius 2 is 1.83 bits per heavy atom. The predicted octanol–water partition coefficient (Wildman–Crippen LogP) is 4.27. The van der Waals surface area contributed by atoms with Crippen LogP contribution in [-0.2, 0) is 0 Å². The summed E-state index contributed by atoms with van der Waals surface area (Å²) >= 11 is 7.46. The van der Waals surface area contributed by atoms with Gasteiger partial charge in [0.15, 0.2) is 0 Å². The summed E-state index contributed by atoms with van der Waals surface area (Å²) in [6.07, 6.45) is -0.530. The van der Waals surface area contributed by atoms with E-state index in [1.165, 1.54) is 11.3 Å². The highest BCUT2D eigenvalue weighted by Gasteiger charge is 2.15. The van der Waals surface area contributed by atoms with Crippen molar-refractivity contribution in [3.05, 3.63) is 51.2 Å². The molecule has 18 heavy (non-hydrogen) atoms. The summed E-state index contributed by atoms with van der Waals surface area (Å²) in [7, 11) is 0. The second kappa shape index (κ2) is 5.74. The maximum Gasteiger partial charge on any atom is 0.119 e. The summed E-state index contributed by atoms with van der Waals surface area (Å²) in [6, 6.07) is 9.23. The van der Waals surface area contributed by atoms with Gasteiger partial charge < -0.3 is 9.84 Å². The number of thiophene rings is 1. The van der Waals surface area contributed by atoms with Gasteiger partial charge in [-0.25, -0.2) is 0 Å². The van der Waals surface area contributed by atoms with Gasteiger partial charge in [-0.1, -0.05) is 23.7 Å². The summed E-state index contributed by atoms with van der Waals surface area (Å²) in [5.41, 5.74) is 0.815. The molecule has 2 rings (SSSR count). The first-order chi connectivity index (χ1) is 8.58. The molecular formula is C14H15ClO2S. The molecule has 0 aliphatic heterocycles. The Morgan fingerprint density at radius 3 is 2.33 bits per heavy atom. The number of benzene rings is 1. The van der Waals surface area contributed by atoms with Crippen LogP contribution in [0.2, 0.25) is 5.02 Å². The second-order valence-corrected chi connectivity index (χ2v) is 5.63. The molecule has 2 aromatic rings. The van der Waals surface area contributed by atoms with Crippen LogP contribution in [0.15, 0.2) is 35.7 Å². The van der Waals surface area contributed by atoms with Crippen molar-refractivity contribution in [3.8, 4) is 5.75 Å². The molecule has 2 nitrogen and oxygen atoms in total. The van der Waals surface area contributed by atoms with Crippen molar-refractivity contribution in [2.45, 2.75) is 26.1 Å². The molecule has 0 saturated heterocycles. The fraction of sp³-hybridized carbons (Fsp3) is 0.286. The van der Waals surface area contributed by atoms with Gasteiger partial charge in [0.05, 0.1) is 16.0 Å². The van der Waals surface area contributed by atoms with Crippen LogP contribution in [0.4, 0.5) is 0 Å². The third kappa shape index (κ3) is 3.05. The zero-order chi connectivity index (χ0) is 13.1. The normalized spacial score (nSPS) is 12.7. The highest BCUT2D eigenvalue weighted by molar-refractivity contribution is 7.10. The van der Waals surface area contributed by atoms with E-state index in [0.717, 1.165) is 16.2 Å². The molecule has 0 bridgehead atoms. The summed E-state index contributed by atoms with van der Waals surface area (Å²) in [6.45, 7) is 3.96. The summed E-state index contributed by atoms with van der Waals surface area (Å²) in [4.78, 5) is 0.772. The molecule has 4 heteroatoms. The summed E-state index contributed by atoms with van der Waals surface area (Å²) < 4.78 is 5.56. The smallest absolute Gasteiger partial charge is 0.119 e. The Bertz CT molecular complexity index is 505. The lowest BCUT2D eigenvalue weighted by Crippen LogP contribution is -2.05. The number of hydrogen-bond acceptors (Lipinski definition) is 3. The van der Waals surface area contributed by atoms with Crippen LogP contribution in [0.25, 0.3) is 0 Å². The van der Waals surface area contributed by atoms with Crippen LogP contribution < -0.4 is 4.74 Å². The Kier molecular flexibility index (Phi) is 4.27. The van der Waals surface area contributed by atoms with Crippen molar-refractivity contribution in [1.82, 2.24) is 0 Å². The van der Waals surface area contributed by atoms with Gasteiger partial charge in [0.1, 0.15) is 11.9 Å². The molecule has 0 amide bonds. The van der Waals surface area contributed by atoms with Gasteiger partial charge >= 0.3 is 0 Å². The fourth-order valence-electron chi connectivity index (χ4n) is 1.65. The molecule has 0 aliphatic rings. The first kappa shape index (κ1) is 13.4. The van der Waals surface area contributed by atoms with Crippen LogP contribution in [0, 0.1) is 0 Å². The average Bonchev–Trinajstić information content (AvgIpc) is 2.75. The SMILES string of the molecule is CC(C)Oc1ccc(C(O)c2sccc2Cl)cc1. The standard InChI is InChI=1S/C14H15ClO2S/c1-9(2)17-11-5-3-10(4-6-11)13(16)14-12(15)7-8-18-14/h3-9,13,16H,1-2H3. The van der Waals surface area contributed by atoms with E-state index >= 15 is 0 Å². The van der Waals surface area contributed by atoms with Gasteiger partial charge in [0, 0.05) is 0 Å². The fourth-order valence-corrected chi connectivity index (χ4v) is 2.82. The predicted molar refractivity (Wildman–Crippen MR) is 75.6 cm³/mol. The van der Waals surface area contributed by atoms with E-state index in [4.69, 9.17) is 16.3 Å². The van der Waals surface area contributed by atoms with Crippen LogP contribution in [0.3, 0.4) is 0 Å². The maximum absolute atomic E-state index is 10.2. The van der Waals surface area contributed by atoms with Crippen molar-refractivity contribution >= 4 is 22.9 Å². The van der Waals surface area contributed by atoms with Crippen molar-refractivity contribution < 1.29 is 9.84 Å². The molecule has 1 aromatic heterocycles. The molecule has 0 spiro atoms. The number of halogens is 1. The quantitative estimate of drug-likeness (QED) is 0.907.